The van der Waals surface area contributed by atoms with Gasteiger partial charge in [-0.3, -0.25) is 0 Å². The van der Waals surface area contributed by atoms with Crippen LogP contribution in [0.3, 0.4) is 0 Å². The van der Waals surface area contributed by atoms with Crippen molar-refractivity contribution in [2.75, 3.05) is 0 Å². The van der Waals surface area contributed by atoms with Gasteiger partial charge >= 0.3 is 0 Å². The zero-order chi connectivity index (χ0) is 17.4. The number of hydrogen-bond acceptors (Lipinski definition) is 4. The van der Waals surface area contributed by atoms with Crippen molar-refractivity contribution in [3.05, 3.63) is 63.6 Å². The number of H-pyrrole nitrogens is 1. The summed E-state index contributed by atoms with van der Waals surface area (Å²) in [5.41, 5.74) is 1.40. The lowest BCUT2D eigenvalue weighted by molar-refractivity contribution is 0.285. The number of halogens is 3. The van der Waals surface area contributed by atoms with Crippen molar-refractivity contribution in [3.63, 3.8) is 0 Å². The van der Waals surface area contributed by atoms with Crippen LogP contribution in [0.15, 0.2) is 51.5 Å². The number of aromatic amines is 1. The molecule has 4 aromatic rings. The molecular formula is C17H10BrClFN3O2. The molecule has 0 amide bonds. The fourth-order valence-electron chi connectivity index (χ4n) is 2.40. The van der Waals surface area contributed by atoms with E-state index < -0.39 is 0 Å². The van der Waals surface area contributed by atoms with E-state index >= 15 is 0 Å². The number of ether oxygens (including phenoxy) is 1. The molecule has 0 aliphatic heterocycles. The molecular weight excluding hydrogens is 413 g/mol. The summed E-state index contributed by atoms with van der Waals surface area (Å²) in [5, 5.41) is 5.21. The summed E-state index contributed by atoms with van der Waals surface area (Å²) in [6.45, 7) is 0.0519. The van der Waals surface area contributed by atoms with Gasteiger partial charge in [-0.25, -0.2) is 4.39 Å². The lowest BCUT2D eigenvalue weighted by Gasteiger charge is -2.02. The molecule has 0 aliphatic rings. The molecule has 0 unspecified atom stereocenters. The van der Waals surface area contributed by atoms with Crippen molar-refractivity contribution in [2.45, 2.75) is 6.61 Å². The normalized spacial score (nSPS) is 11.2. The summed E-state index contributed by atoms with van der Waals surface area (Å²) in [7, 11) is 0. The van der Waals surface area contributed by atoms with Crippen LogP contribution < -0.4 is 4.74 Å². The smallest absolute Gasteiger partial charge is 0.276 e. The molecule has 0 bridgehead atoms. The number of nitrogens with one attached hydrogen (secondary N) is 1. The Kier molecular flexibility index (Phi) is 4.19. The van der Waals surface area contributed by atoms with Crippen LogP contribution in [0.25, 0.3) is 22.5 Å². The van der Waals surface area contributed by atoms with Crippen molar-refractivity contribution in [2.24, 2.45) is 0 Å². The van der Waals surface area contributed by atoms with E-state index in [1.165, 1.54) is 12.1 Å². The first-order chi connectivity index (χ1) is 12.1. The molecule has 0 radical (unpaired) electrons. The molecule has 2 heterocycles. The van der Waals surface area contributed by atoms with Gasteiger partial charge in [0, 0.05) is 21.4 Å². The summed E-state index contributed by atoms with van der Waals surface area (Å²) < 4.78 is 24.8. The van der Waals surface area contributed by atoms with Crippen molar-refractivity contribution < 1.29 is 13.7 Å². The molecule has 0 atom stereocenters. The van der Waals surface area contributed by atoms with Crippen LogP contribution in [-0.2, 0) is 6.61 Å². The van der Waals surface area contributed by atoms with Crippen LogP contribution in [0.5, 0.6) is 5.75 Å². The van der Waals surface area contributed by atoms with Gasteiger partial charge in [0.2, 0.25) is 5.82 Å². The standard InChI is InChI=1S/C17H10BrClFN3O2/c18-9-4-5-13-12(6-9)15(19)16(21-13)17-22-14(23-25-17)8-24-11-3-1-2-10(20)7-11/h1-7,21H,8H2. The lowest BCUT2D eigenvalue weighted by Crippen LogP contribution is -1.97. The number of hydrogen-bond donors (Lipinski definition) is 1. The highest BCUT2D eigenvalue weighted by Gasteiger charge is 2.17. The molecule has 0 spiro atoms. The number of rotatable bonds is 4. The molecule has 25 heavy (non-hydrogen) atoms. The van der Waals surface area contributed by atoms with Crippen LogP contribution in [0.1, 0.15) is 5.82 Å². The van der Waals surface area contributed by atoms with Crippen LogP contribution in [0.2, 0.25) is 5.02 Å². The lowest BCUT2D eigenvalue weighted by atomic mass is 10.2. The fourth-order valence-corrected chi connectivity index (χ4v) is 3.04. The average molecular weight is 423 g/mol. The van der Waals surface area contributed by atoms with Crippen LogP contribution in [-0.4, -0.2) is 15.1 Å². The Morgan fingerprint density at radius 2 is 2.12 bits per heavy atom. The van der Waals surface area contributed by atoms with E-state index in [-0.39, 0.29) is 18.3 Å². The maximum absolute atomic E-state index is 13.1. The largest absolute Gasteiger partial charge is 0.485 e. The topological polar surface area (TPSA) is 63.9 Å². The van der Waals surface area contributed by atoms with E-state index in [1.54, 1.807) is 12.1 Å². The molecule has 0 saturated carbocycles. The first-order valence-corrected chi connectivity index (χ1v) is 8.45. The van der Waals surface area contributed by atoms with E-state index in [0.29, 0.717) is 22.3 Å². The summed E-state index contributed by atoms with van der Waals surface area (Å²) >= 11 is 9.83. The van der Waals surface area contributed by atoms with E-state index in [2.05, 4.69) is 31.1 Å². The molecule has 8 heteroatoms. The molecule has 2 aromatic carbocycles. The first-order valence-electron chi connectivity index (χ1n) is 7.28. The van der Waals surface area contributed by atoms with Gasteiger partial charge in [-0.2, -0.15) is 4.98 Å². The van der Waals surface area contributed by atoms with E-state index in [0.717, 1.165) is 15.4 Å². The van der Waals surface area contributed by atoms with Crippen molar-refractivity contribution in [1.29, 1.82) is 0 Å². The van der Waals surface area contributed by atoms with Gasteiger partial charge in [0.05, 0.1) is 5.02 Å². The van der Waals surface area contributed by atoms with Crippen LogP contribution >= 0.6 is 27.5 Å². The predicted octanol–water partition coefficient (Wildman–Crippen LogP) is 5.35. The molecule has 5 nitrogen and oxygen atoms in total. The quantitative estimate of drug-likeness (QED) is 0.481. The summed E-state index contributed by atoms with van der Waals surface area (Å²) in [5.74, 6) is 0.604. The minimum absolute atomic E-state index is 0.0519. The Balaban J connectivity index is 1.58. The zero-order valence-electron chi connectivity index (χ0n) is 12.6. The average Bonchev–Trinajstić information content (AvgIpc) is 3.18. The minimum atomic E-state index is -0.373. The molecule has 126 valence electrons. The highest BCUT2D eigenvalue weighted by atomic mass is 79.9. The molecule has 0 fully saturated rings. The van der Waals surface area contributed by atoms with Gasteiger partial charge in [-0.05, 0) is 30.3 Å². The first kappa shape index (κ1) is 16.1. The Labute approximate surface area is 154 Å². The van der Waals surface area contributed by atoms with Crippen molar-refractivity contribution in [1.82, 2.24) is 15.1 Å². The van der Waals surface area contributed by atoms with Gasteiger partial charge in [0.1, 0.15) is 17.3 Å². The van der Waals surface area contributed by atoms with E-state index in [1.807, 2.05) is 18.2 Å². The van der Waals surface area contributed by atoms with E-state index in [4.69, 9.17) is 20.9 Å². The molecule has 2 aromatic heterocycles. The summed E-state index contributed by atoms with van der Waals surface area (Å²) in [4.78, 5) is 7.44. The number of fused-ring (bicyclic) bond motifs is 1. The Morgan fingerprint density at radius 1 is 1.24 bits per heavy atom. The highest BCUT2D eigenvalue weighted by molar-refractivity contribution is 9.10. The Hall–Kier alpha value is -2.38. The predicted molar refractivity (Wildman–Crippen MR) is 95.0 cm³/mol. The third kappa shape index (κ3) is 3.25. The van der Waals surface area contributed by atoms with Gasteiger partial charge in [-0.1, -0.05) is 38.8 Å². The van der Waals surface area contributed by atoms with Crippen LogP contribution in [0.4, 0.5) is 4.39 Å². The second kappa shape index (κ2) is 6.50. The van der Waals surface area contributed by atoms with Gasteiger partial charge in [0.25, 0.3) is 5.89 Å². The number of nitrogens with zero attached hydrogens (tertiary/aromatic N) is 2. The van der Waals surface area contributed by atoms with Gasteiger partial charge < -0.3 is 14.2 Å². The zero-order valence-corrected chi connectivity index (χ0v) is 14.9. The third-order valence-electron chi connectivity index (χ3n) is 3.54. The van der Waals surface area contributed by atoms with Crippen molar-refractivity contribution in [3.8, 4) is 17.3 Å². The number of aromatic nitrogens is 3. The third-order valence-corrected chi connectivity index (χ3v) is 4.43. The monoisotopic (exact) mass is 421 g/mol. The Morgan fingerprint density at radius 3 is 2.96 bits per heavy atom. The summed E-state index contributed by atoms with van der Waals surface area (Å²) in [6.07, 6.45) is 0. The molecule has 0 saturated heterocycles. The summed E-state index contributed by atoms with van der Waals surface area (Å²) in [6, 6.07) is 11.6. The van der Waals surface area contributed by atoms with Gasteiger partial charge in [-0.15, -0.1) is 0 Å². The van der Waals surface area contributed by atoms with Gasteiger partial charge in [0.15, 0.2) is 6.61 Å². The van der Waals surface area contributed by atoms with Crippen molar-refractivity contribution >= 4 is 38.4 Å². The Bertz CT molecular complexity index is 1060. The fraction of sp³-hybridized carbons (Fsp3) is 0.0588. The molecule has 1 N–H and O–H groups in total. The van der Waals surface area contributed by atoms with E-state index in [9.17, 15) is 4.39 Å². The maximum Gasteiger partial charge on any atom is 0.276 e. The molecule has 4 rings (SSSR count). The highest BCUT2D eigenvalue weighted by Crippen LogP contribution is 2.35. The second-order valence-corrected chi connectivity index (χ2v) is 6.56. The second-order valence-electron chi connectivity index (χ2n) is 5.27. The number of benzene rings is 2. The SMILES string of the molecule is Fc1cccc(OCc2noc(-c3[nH]c4ccc(Br)cc4c3Cl)n2)c1. The maximum atomic E-state index is 13.1. The minimum Gasteiger partial charge on any atom is -0.485 e. The molecule has 0 aliphatic carbocycles. The van der Waals surface area contributed by atoms with Crippen LogP contribution in [0, 0.1) is 5.82 Å².